The molecular weight excluding hydrogens is 258 g/mol. The van der Waals surface area contributed by atoms with Gasteiger partial charge in [-0.05, 0) is 6.92 Å². The van der Waals surface area contributed by atoms with Gasteiger partial charge in [-0.25, -0.2) is 18.1 Å². The molecule has 2 aromatic heterocycles. The van der Waals surface area contributed by atoms with E-state index in [4.69, 9.17) is 5.73 Å². The van der Waals surface area contributed by atoms with E-state index in [1.807, 2.05) is 0 Å². The molecule has 3 N–H and O–H groups in total. The number of rotatable bonds is 3. The summed E-state index contributed by atoms with van der Waals surface area (Å²) >= 11 is 0. The number of hydrogen-bond donors (Lipinski definition) is 2. The zero-order valence-corrected chi connectivity index (χ0v) is 10.5. The highest BCUT2D eigenvalue weighted by Gasteiger charge is 2.25. The van der Waals surface area contributed by atoms with E-state index in [1.54, 1.807) is 14.0 Å². The third kappa shape index (κ3) is 2.09. The maximum absolute atomic E-state index is 12.1. The minimum atomic E-state index is -3.88. The van der Waals surface area contributed by atoms with E-state index in [1.165, 1.54) is 17.1 Å². The lowest BCUT2D eigenvalue weighted by Crippen LogP contribution is -2.17. The van der Waals surface area contributed by atoms with Crippen LogP contribution in [0.2, 0.25) is 0 Å². The number of hydrogen-bond acceptors (Lipinski definition) is 7. The minimum absolute atomic E-state index is 0.0774. The normalized spacial score (nSPS) is 11.4. The second-order valence-corrected chi connectivity index (χ2v) is 5.11. The van der Waals surface area contributed by atoms with Crippen LogP contribution in [0.15, 0.2) is 17.3 Å². The summed E-state index contributed by atoms with van der Waals surface area (Å²) in [5.74, 6) is -0.202. The van der Waals surface area contributed by atoms with Gasteiger partial charge in [0.15, 0.2) is 10.7 Å². The van der Waals surface area contributed by atoms with Crippen LogP contribution in [0.25, 0.3) is 0 Å². The van der Waals surface area contributed by atoms with E-state index < -0.39 is 10.0 Å². The molecule has 0 saturated carbocycles. The van der Waals surface area contributed by atoms with E-state index in [-0.39, 0.29) is 16.7 Å². The summed E-state index contributed by atoms with van der Waals surface area (Å²) < 4.78 is 27.8. The summed E-state index contributed by atoms with van der Waals surface area (Å²) in [5.41, 5.74) is 5.99. The predicted octanol–water partition coefficient (Wildman–Crippen LogP) is -0.703. The first-order valence-corrected chi connectivity index (χ1v) is 6.35. The molecule has 0 aliphatic carbocycles. The number of nitrogen functional groups attached to an aromatic ring is 1. The number of nitrogens with zero attached hydrogens (tertiary/aromatic N) is 5. The average molecular weight is 269 g/mol. The van der Waals surface area contributed by atoms with Gasteiger partial charge >= 0.3 is 0 Å². The molecule has 9 nitrogen and oxygen atoms in total. The molecule has 96 valence electrons. The number of sulfonamides is 1. The number of aryl methyl sites for hydroxylation is 1. The first kappa shape index (κ1) is 12.2. The summed E-state index contributed by atoms with van der Waals surface area (Å²) in [6.45, 7) is 1.60. The molecule has 0 bridgehead atoms. The van der Waals surface area contributed by atoms with Crippen LogP contribution < -0.4 is 10.5 Å². The van der Waals surface area contributed by atoms with Crippen LogP contribution >= 0.6 is 0 Å². The lowest BCUT2D eigenvalue weighted by atomic mass is 10.5. The highest BCUT2D eigenvalue weighted by atomic mass is 32.2. The van der Waals surface area contributed by atoms with Crippen molar-refractivity contribution in [1.29, 1.82) is 0 Å². The van der Waals surface area contributed by atoms with Crippen LogP contribution in [0, 0.1) is 6.92 Å². The topological polar surface area (TPSA) is 129 Å². The molecule has 18 heavy (non-hydrogen) atoms. The van der Waals surface area contributed by atoms with Gasteiger partial charge in [0, 0.05) is 7.05 Å². The van der Waals surface area contributed by atoms with Crippen molar-refractivity contribution in [2.45, 2.75) is 11.8 Å². The van der Waals surface area contributed by atoms with Gasteiger partial charge in [0.25, 0.3) is 16.0 Å². The fraction of sp³-hybridized carbons (Fsp3) is 0.250. The van der Waals surface area contributed by atoms with Crippen LogP contribution in [0.3, 0.4) is 0 Å². The van der Waals surface area contributed by atoms with Gasteiger partial charge in [-0.3, -0.25) is 4.68 Å². The van der Waals surface area contributed by atoms with Crippen LogP contribution in [-0.4, -0.2) is 33.4 Å². The smallest absolute Gasteiger partial charge is 0.269 e. The molecule has 0 aliphatic rings. The number of nitrogens with two attached hydrogens (primary N) is 1. The van der Waals surface area contributed by atoms with Gasteiger partial charge in [-0.15, -0.1) is 5.10 Å². The molecule has 0 aliphatic heterocycles. The van der Waals surface area contributed by atoms with E-state index in [0.29, 0.717) is 5.69 Å². The maximum atomic E-state index is 12.1. The first-order chi connectivity index (χ1) is 8.42. The predicted molar refractivity (Wildman–Crippen MR) is 63.0 cm³/mol. The zero-order chi connectivity index (χ0) is 13.3. The zero-order valence-electron chi connectivity index (χ0n) is 9.69. The van der Waals surface area contributed by atoms with Crippen molar-refractivity contribution >= 4 is 21.8 Å². The van der Waals surface area contributed by atoms with Crippen molar-refractivity contribution in [3.05, 3.63) is 18.1 Å². The van der Waals surface area contributed by atoms with Gasteiger partial charge in [0.1, 0.15) is 0 Å². The van der Waals surface area contributed by atoms with Crippen molar-refractivity contribution < 1.29 is 8.42 Å². The molecule has 10 heteroatoms. The summed E-state index contributed by atoms with van der Waals surface area (Å²) in [6, 6.07) is 0. The lowest BCUT2D eigenvalue weighted by Gasteiger charge is -2.05. The molecule has 0 saturated heterocycles. The molecule has 2 aromatic rings. The Morgan fingerprint density at radius 1 is 1.39 bits per heavy atom. The Balaban J connectivity index is 2.43. The summed E-state index contributed by atoms with van der Waals surface area (Å²) in [4.78, 5) is 3.64. The second-order valence-electron chi connectivity index (χ2n) is 3.50. The molecule has 2 heterocycles. The van der Waals surface area contributed by atoms with Gasteiger partial charge in [-0.2, -0.15) is 10.2 Å². The Bertz CT molecular complexity index is 664. The van der Waals surface area contributed by atoms with Crippen LogP contribution in [0.4, 0.5) is 11.8 Å². The van der Waals surface area contributed by atoms with Gasteiger partial charge < -0.3 is 5.73 Å². The third-order valence-corrected chi connectivity index (χ3v) is 3.77. The summed E-state index contributed by atoms with van der Waals surface area (Å²) in [5, 5.41) is 10.9. The molecule has 0 amide bonds. The Labute approximate surface area is 103 Å². The van der Waals surface area contributed by atoms with Gasteiger partial charge in [-0.1, -0.05) is 0 Å². The van der Waals surface area contributed by atoms with E-state index in [2.05, 4.69) is 25.0 Å². The van der Waals surface area contributed by atoms with Crippen molar-refractivity contribution in [3.63, 3.8) is 0 Å². The average Bonchev–Trinajstić information content (AvgIpc) is 2.54. The number of nitrogens with one attached hydrogen (secondary N) is 1. The van der Waals surface area contributed by atoms with E-state index in [0.717, 1.165) is 0 Å². The van der Waals surface area contributed by atoms with E-state index in [9.17, 15) is 8.42 Å². The fourth-order valence-corrected chi connectivity index (χ4v) is 2.69. The van der Waals surface area contributed by atoms with Gasteiger partial charge in [0.2, 0.25) is 0 Å². The molecule has 2 rings (SSSR count). The standard InChI is InChI=1S/C8H11N7O2S/c1-5-6(7(9)13-15(5)2)18(16,17)14-8-10-3-4-11-12-8/h3-4H,1-2H3,(H2,9,13)(H,10,12,14). The lowest BCUT2D eigenvalue weighted by molar-refractivity contribution is 0.599. The Morgan fingerprint density at radius 2 is 2.11 bits per heavy atom. The maximum Gasteiger partial charge on any atom is 0.269 e. The monoisotopic (exact) mass is 269 g/mol. The highest BCUT2D eigenvalue weighted by Crippen LogP contribution is 2.22. The number of anilines is 2. The first-order valence-electron chi connectivity index (χ1n) is 4.87. The molecule has 0 unspecified atom stereocenters. The molecule has 0 aromatic carbocycles. The second kappa shape index (κ2) is 4.22. The molecule has 0 atom stereocenters. The Morgan fingerprint density at radius 3 is 2.61 bits per heavy atom. The van der Waals surface area contributed by atoms with Crippen LogP contribution in [0.1, 0.15) is 5.69 Å². The van der Waals surface area contributed by atoms with E-state index >= 15 is 0 Å². The largest absolute Gasteiger partial charge is 0.381 e. The number of aromatic nitrogens is 5. The van der Waals surface area contributed by atoms with Gasteiger partial charge in [0.05, 0.1) is 18.1 Å². The van der Waals surface area contributed by atoms with Crippen molar-refractivity contribution in [1.82, 2.24) is 25.0 Å². The molecule has 0 fully saturated rings. The SMILES string of the molecule is Cc1c(S(=O)(=O)Nc2nccnn2)c(N)nn1C. The molecule has 0 spiro atoms. The molecule has 0 radical (unpaired) electrons. The fourth-order valence-electron chi connectivity index (χ4n) is 1.41. The van der Waals surface area contributed by atoms with Crippen molar-refractivity contribution in [2.75, 3.05) is 10.5 Å². The van der Waals surface area contributed by atoms with Crippen LogP contribution in [0.5, 0.6) is 0 Å². The quantitative estimate of drug-likeness (QED) is 0.753. The van der Waals surface area contributed by atoms with Crippen molar-refractivity contribution in [3.8, 4) is 0 Å². The minimum Gasteiger partial charge on any atom is -0.381 e. The Hall–Kier alpha value is -2.23. The third-order valence-electron chi connectivity index (χ3n) is 2.28. The Kier molecular flexibility index (Phi) is 2.87. The highest BCUT2D eigenvalue weighted by molar-refractivity contribution is 7.93. The van der Waals surface area contributed by atoms with Crippen LogP contribution in [-0.2, 0) is 17.1 Å². The van der Waals surface area contributed by atoms with Crippen molar-refractivity contribution in [2.24, 2.45) is 7.05 Å². The summed E-state index contributed by atoms with van der Waals surface area (Å²) in [6.07, 6.45) is 2.66. The molecular formula is C8H11N7O2S. The summed E-state index contributed by atoms with van der Waals surface area (Å²) in [7, 11) is -2.27.